The molecule has 0 rings (SSSR count). The van der Waals surface area contributed by atoms with Gasteiger partial charge in [0.15, 0.2) is 0 Å². The molecule has 0 atom stereocenters. The summed E-state index contributed by atoms with van der Waals surface area (Å²) < 4.78 is 0. The van der Waals surface area contributed by atoms with E-state index in [0.29, 0.717) is 6.61 Å². The summed E-state index contributed by atoms with van der Waals surface area (Å²) in [7, 11) is 0. The molecular formula is C12H25NO. The predicted octanol–water partition coefficient (Wildman–Crippen LogP) is 2.34. The second kappa shape index (κ2) is 7.02. The molecule has 0 radical (unpaired) electrons. The summed E-state index contributed by atoms with van der Waals surface area (Å²) in [5, 5.41) is 12.2. The van der Waals surface area contributed by atoms with Crippen molar-refractivity contribution in [1.82, 2.24) is 5.32 Å². The van der Waals surface area contributed by atoms with Gasteiger partial charge in [0.2, 0.25) is 0 Å². The van der Waals surface area contributed by atoms with Crippen LogP contribution >= 0.6 is 0 Å². The van der Waals surface area contributed by atoms with Gasteiger partial charge < -0.3 is 10.4 Å². The minimum absolute atomic E-state index is 0.275. The molecule has 0 aromatic carbocycles. The van der Waals surface area contributed by atoms with E-state index in [1.165, 1.54) is 5.57 Å². The number of hydrogen-bond acceptors (Lipinski definition) is 2. The molecule has 0 aliphatic carbocycles. The minimum Gasteiger partial charge on any atom is -0.396 e. The molecule has 0 saturated heterocycles. The Kier molecular flexibility index (Phi) is 6.85. The van der Waals surface area contributed by atoms with Crippen LogP contribution in [-0.2, 0) is 0 Å². The molecule has 0 amide bonds. The van der Waals surface area contributed by atoms with Crippen molar-refractivity contribution in [3.8, 4) is 0 Å². The highest BCUT2D eigenvalue weighted by atomic mass is 16.2. The predicted molar refractivity (Wildman–Crippen MR) is 62.4 cm³/mol. The van der Waals surface area contributed by atoms with Crippen LogP contribution in [0.2, 0.25) is 0 Å². The first kappa shape index (κ1) is 13.7. The molecule has 14 heavy (non-hydrogen) atoms. The van der Waals surface area contributed by atoms with Crippen molar-refractivity contribution in [2.24, 2.45) is 5.41 Å². The van der Waals surface area contributed by atoms with Crippen LogP contribution in [0.1, 0.15) is 40.0 Å². The highest BCUT2D eigenvalue weighted by molar-refractivity contribution is 4.95. The molecule has 84 valence electrons. The molecule has 2 N–H and O–H groups in total. The van der Waals surface area contributed by atoms with E-state index in [-0.39, 0.29) is 5.41 Å². The molecule has 0 fully saturated rings. The van der Waals surface area contributed by atoms with Crippen molar-refractivity contribution in [2.45, 2.75) is 40.0 Å². The largest absolute Gasteiger partial charge is 0.396 e. The van der Waals surface area contributed by atoms with Gasteiger partial charge in [-0.25, -0.2) is 0 Å². The highest BCUT2D eigenvalue weighted by Gasteiger charge is 2.16. The van der Waals surface area contributed by atoms with E-state index in [2.05, 4.69) is 32.7 Å². The third kappa shape index (κ3) is 7.10. The smallest absolute Gasteiger partial charge is 0.0431 e. The molecule has 2 heteroatoms. The third-order valence-electron chi connectivity index (χ3n) is 2.49. The summed E-state index contributed by atoms with van der Waals surface area (Å²) in [5.74, 6) is 0. The van der Waals surface area contributed by atoms with Crippen LogP contribution in [0.15, 0.2) is 12.2 Å². The molecule has 0 aliphatic rings. The van der Waals surface area contributed by atoms with Crippen molar-refractivity contribution in [3.05, 3.63) is 12.2 Å². The first-order valence-corrected chi connectivity index (χ1v) is 5.50. The monoisotopic (exact) mass is 199 g/mol. The van der Waals surface area contributed by atoms with Crippen LogP contribution in [0.5, 0.6) is 0 Å². The van der Waals surface area contributed by atoms with Crippen LogP contribution in [0.3, 0.4) is 0 Å². The lowest BCUT2D eigenvalue weighted by molar-refractivity contribution is 0.237. The maximum atomic E-state index is 8.75. The summed E-state index contributed by atoms with van der Waals surface area (Å²) >= 11 is 0. The lowest BCUT2D eigenvalue weighted by Crippen LogP contribution is -2.30. The topological polar surface area (TPSA) is 32.3 Å². The van der Waals surface area contributed by atoms with Crippen molar-refractivity contribution in [2.75, 3.05) is 19.7 Å². The summed E-state index contributed by atoms with van der Waals surface area (Å²) in [5.41, 5.74) is 1.53. The minimum atomic E-state index is 0.275. The SMILES string of the molecule is C=C(CC)CNCC(C)(C)CCCO. The molecule has 0 heterocycles. The molecule has 0 aliphatic heterocycles. The lowest BCUT2D eigenvalue weighted by Gasteiger charge is -2.24. The van der Waals surface area contributed by atoms with Gasteiger partial charge in [-0.3, -0.25) is 0 Å². The van der Waals surface area contributed by atoms with Gasteiger partial charge >= 0.3 is 0 Å². The average molecular weight is 199 g/mol. The third-order valence-corrected chi connectivity index (χ3v) is 2.49. The van der Waals surface area contributed by atoms with Crippen molar-refractivity contribution in [3.63, 3.8) is 0 Å². The average Bonchev–Trinajstić information content (AvgIpc) is 2.14. The van der Waals surface area contributed by atoms with Crippen molar-refractivity contribution < 1.29 is 5.11 Å². The van der Waals surface area contributed by atoms with Gasteiger partial charge in [-0.05, 0) is 24.7 Å². The van der Waals surface area contributed by atoms with Gasteiger partial charge in [0.1, 0.15) is 0 Å². The second-order valence-electron chi connectivity index (χ2n) is 4.70. The number of aliphatic hydroxyl groups is 1. The molecule has 2 nitrogen and oxygen atoms in total. The van der Waals surface area contributed by atoms with Crippen molar-refractivity contribution in [1.29, 1.82) is 0 Å². The fourth-order valence-electron chi connectivity index (χ4n) is 1.35. The van der Waals surface area contributed by atoms with Gasteiger partial charge in [0, 0.05) is 19.7 Å². The molecule has 0 spiro atoms. The zero-order valence-corrected chi connectivity index (χ0v) is 9.90. The first-order chi connectivity index (χ1) is 6.52. The van der Waals surface area contributed by atoms with Gasteiger partial charge in [-0.15, -0.1) is 0 Å². The van der Waals surface area contributed by atoms with Crippen LogP contribution < -0.4 is 5.32 Å². The van der Waals surface area contributed by atoms with E-state index in [0.717, 1.165) is 32.4 Å². The maximum Gasteiger partial charge on any atom is 0.0431 e. The van der Waals surface area contributed by atoms with Gasteiger partial charge in [-0.1, -0.05) is 32.9 Å². The van der Waals surface area contributed by atoms with E-state index in [1.54, 1.807) is 0 Å². The fourth-order valence-corrected chi connectivity index (χ4v) is 1.35. The molecular weight excluding hydrogens is 174 g/mol. The van der Waals surface area contributed by atoms with Crippen LogP contribution in [0.4, 0.5) is 0 Å². The Hall–Kier alpha value is -0.340. The normalized spacial score (nSPS) is 11.7. The van der Waals surface area contributed by atoms with Gasteiger partial charge in [0.05, 0.1) is 0 Å². The lowest BCUT2D eigenvalue weighted by atomic mass is 9.88. The van der Waals surface area contributed by atoms with Crippen LogP contribution in [0, 0.1) is 5.41 Å². The van der Waals surface area contributed by atoms with Crippen molar-refractivity contribution >= 4 is 0 Å². The molecule has 0 unspecified atom stereocenters. The molecule has 0 bridgehead atoms. The summed E-state index contributed by atoms with van der Waals surface area (Å²) in [6.07, 6.45) is 3.00. The number of hydrogen-bond donors (Lipinski definition) is 2. The number of aliphatic hydroxyl groups excluding tert-OH is 1. The Morgan fingerprint density at radius 3 is 2.57 bits per heavy atom. The fraction of sp³-hybridized carbons (Fsp3) is 0.833. The van der Waals surface area contributed by atoms with E-state index < -0.39 is 0 Å². The van der Waals surface area contributed by atoms with E-state index >= 15 is 0 Å². The highest BCUT2D eigenvalue weighted by Crippen LogP contribution is 2.20. The molecule has 0 aromatic heterocycles. The number of rotatable bonds is 8. The summed E-state index contributed by atoms with van der Waals surface area (Å²) in [6, 6.07) is 0. The molecule has 0 aromatic rings. The van der Waals surface area contributed by atoms with Gasteiger partial charge in [-0.2, -0.15) is 0 Å². The van der Waals surface area contributed by atoms with E-state index in [1.807, 2.05) is 0 Å². The standard InChI is InChI=1S/C12H25NO/c1-5-11(2)9-13-10-12(3,4)7-6-8-14/h13-14H,2,5-10H2,1,3-4H3. The van der Waals surface area contributed by atoms with Crippen LogP contribution in [-0.4, -0.2) is 24.8 Å². The van der Waals surface area contributed by atoms with Crippen LogP contribution in [0.25, 0.3) is 0 Å². The first-order valence-electron chi connectivity index (χ1n) is 5.50. The van der Waals surface area contributed by atoms with E-state index in [9.17, 15) is 0 Å². The Balaban J connectivity index is 3.59. The quantitative estimate of drug-likeness (QED) is 0.588. The summed E-state index contributed by atoms with van der Waals surface area (Å²) in [4.78, 5) is 0. The molecule has 0 saturated carbocycles. The zero-order valence-electron chi connectivity index (χ0n) is 9.90. The Morgan fingerprint density at radius 1 is 1.43 bits per heavy atom. The van der Waals surface area contributed by atoms with E-state index in [4.69, 9.17) is 5.11 Å². The zero-order chi connectivity index (χ0) is 11.0. The van der Waals surface area contributed by atoms with Gasteiger partial charge in [0.25, 0.3) is 0 Å². The second-order valence-corrected chi connectivity index (χ2v) is 4.70. The summed E-state index contributed by atoms with van der Waals surface area (Å²) in [6.45, 7) is 12.7. The Morgan fingerprint density at radius 2 is 2.07 bits per heavy atom. The maximum absolute atomic E-state index is 8.75. The number of nitrogens with one attached hydrogen (secondary N) is 1. The Labute approximate surface area is 88.4 Å². The Bertz CT molecular complexity index is 164.